The highest BCUT2D eigenvalue weighted by molar-refractivity contribution is 5.89. The first-order valence-electron chi connectivity index (χ1n) is 9.81. The summed E-state index contributed by atoms with van der Waals surface area (Å²) in [5, 5.41) is 22.9. The fourth-order valence-electron chi connectivity index (χ4n) is 5.83. The van der Waals surface area contributed by atoms with Gasteiger partial charge in [0.2, 0.25) is 5.72 Å². The van der Waals surface area contributed by atoms with E-state index in [0.29, 0.717) is 6.42 Å². The van der Waals surface area contributed by atoms with Crippen LogP contribution in [-0.4, -0.2) is 52.0 Å². The molecular weight excluding hydrogens is 344 g/mol. The summed E-state index contributed by atoms with van der Waals surface area (Å²) in [5.41, 5.74) is 1.51. The monoisotopic (exact) mass is 370 g/mol. The van der Waals surface area contributed by atoms with Crippen LogP contribution in [0.15, 0.2) is 24.3 Å². The molecule has 0 saturated carbocycles. The number of nitrogens with zero attached hydrogens (tertiary/aromatic N) is 2. The Hall–Kier alpha value is -1.89. The van der Waals surface area contributed by atoms with Gasteiger partial charge in [-0.15, -0.1) is 0 Å². The van der Waals surface area contributed by atoms with E-state index in [0.717, 1.165) is 42.5 Å². The number of rotatable bonds is 2. The first-order valence-corrected chi connectivity index (χ1v) is 9.81. The van der Waals surface area contributed by atoms with Crippen LogP contribution in [0.1, 0.15) is 37.1 Å². The van der Waals surface area contributed by atoms with Crippen LogP contribution in [0, 0.1) is 11.8 Å². The molecule has 1 saturated heterocycles. The molecule has 144 valence electrons. The number of carbonyl (C=O) groups excluding carboxylic acids is 1. The molecule has 1 aromatic heterocycles. The van der Waals surface area contributed by atoms with E-state index >= 15 is 0 Å². The van der Waals surface area contributed by atoms with Gasteiger partial charge in [-0.3, -0.25) is 4.90 Å². The Labute approximate surface area is 158 Å². The minimum atomic E-state index is -1.70. The van der Waals surface area contributed by atoms with E-state index in [1.807, 2.05) is 29.7 Å². The fraction of sp³-hybridized carbons (Fsp3) is 0.571. The van der Waals surface area contributed by atoms with E-state index in [-0.39, 0.29) is 17.9 Å². The number of para-hydroxylation sites is 1. The molecule has 1 aromatic carbocycles. The average molecular weight is 370 g/mol. The van der Waals surface area contributed by atoms with Crippen LogP contribution in [0.25, 0.3) is 10.9 Å². The molecule has 3 aliphatic heterocycles. The third-order valence-corrected chi connectivity index (χ3v) is 6.98. The lowest BCUT2D eigenvalue weighted by Crippen LogP contribution is -2.57. The molecule has 0 aliphatic carbocycles. The zero-order valence-electron chi connectivity index (χ0n) is 15.8. The first-order chi connectivity index (χ1) is 13.0. The van der Waals surface area contributed by atoms with Gasteiger partial charge in [0.1, 0.15) is 0 Å². The van der Waals surface area contributed by atoms with Gasteiger partial charge in [-0.25, -0.2) is 4.79 Å². The van der Waals surface area contributed by atoms with Crippen LogP contribution in [0.5, 0.6) is 0 Å². The van der Waals surface area contributed by atoms with Crippen LogP contribution < -0.4 is 0 Å². The maximum atomic E-state index is 12.7. The standard InChI is InChI=1S/C21H26N2O4/c1-12(24)14-9-13-10-21(26,20(25)27-2)23-17-6-4-3-5-15(17)16-7-8-22(11-14)18(13)19(16)23/h3-6,12-14,18,24,26H,7-11H2,1-2H3/t12-,13-,14-,18-,21-/m1/s1. The smallest absolute Gasteiger partial charge is 0.359 e. The highest BCUT2D eigenvalue weighted by atomic mass is 16.5. The Balaban J connectivity index is 1.77. The lowest BCUT2D eigenvalue weighted by Gasteiger charge is -2.53. The lowest BCUT2D eigenvalue weighted by atomic mass is 9.71. The predicted molar refractivity (Wildman–Crippen MR) is 100 cm³/mol. The number of aliphatic hydroxyl groups excluding tert-OH is 1. The SMILES string of the molecule is COC(=O)[C@]1(O)C[C@H]2C[C@@H]([C@@H](C)O)CN3CCc4c(n1c1ccccc41)[C@@H]23. The first kappa shape index (κ1) is 17.2. The number of aromatic nitrogens is 1. The third-order valence-electron chi connectivity index (χ3n) is 6.98. The minimum Gasteiger partial charge on any atom is -0.465 e. The van der Waals surface area contributed by atoms with Gasteiger partial charge in [-0.1, -0.05) is 18.2 Å². The van der Waals surface area contributed by atoms with E-state index in [1.54, 1.807) is 0 Å². The topological polar surface area (TPSA) is 74.9 Å². The van der Waals surface area contributed by atoms with Crippen LogP contribution in [0.2, 0.25) is 0 Å². The van der Waals surface area contributed by atoms with Crippen molar-refractivity contribution in [3.8, 4) is 0 Å². The number of aliphatic hydroxyl groups is 2. The van der Waals surface area contributed by atoms with Crippen molar-refractivity contribution in [2.24, 2.45) is 11.8 Å². The van der Waals surface area contributed by atoms with Crippen molar-refractivity contribution in [3.63, 3.8) is 0 Å². The third kappa shape index (κ3) is 2.21. The van der Waals surface area contributed by atoms with Gasteiger partial charge in [-0.2, -0.15) is 0 Å². The molecule has 4 heterocycles. The Morgan fingerprint density at radius 1 is 1.37 bits per heavy atom. The molecule has 5 atom stereocenters. The van der Waals surface area contributed by atoms with Crippen LogP contribution in [-0.2, 0) is 21.7 Å². The van der Waals surface area contributed by atoms with Crippen molar-refractivity contribution in [1.82, 2.24) is 9.47 Å². The molecule has 0 radical (unpaired) electrons. The van der Waals surface area contributed by atoms with Gasteiger partial charge < -0.3 is 19.5 Å². The van der Waals surface area contributed by atoms with Gasteiger partial charge in [0.15, 0.2) is 0 Å². The number of fused-ring (bicyclic) bond motifs is 3. The molecule has 2 N–H and O–H groups in total. The molecule has 6 nitrogen and oxygen atoms in total. The minimum absolute atomic E-state index is 0.110. The summed E-state index contributed by atoms with van der Waals surface area (Å²) in [7, 11) is 1.33. The second-order valence-corrected chi connectivity index (χ2v) is 8.41. The normalized spacial score (nSPS) is 33.6. The van der Waals surface area contributed by atoms with E-state index in [2.05, 4.69) is 11.0 Å². The van der Waals surface area contributed by atoms with Crippen molar-refractivity contribution < 1.29 is 19.7 Å². The number of methoxy groups -OCH3 is 1. The number of carbonyl (C=O) groups is 1. The van der Waals surface area contributed by atoms with E-state index in [1.165, 1.54) is 12.7 Å². The number of ether oxygens (including phenoxy) is 1. The van der Waals surface area contributed by atoms with Gasteiger partial charge in [0, 0.05) is 30.6 Å². The zero-order valence-corrected chi connectivity index (χ0v) is 15.8. The van der Waals surface area contributed by atoms with Gasteiger partial charge in [-0.05, 0) is 43.2 Å². The van der Waals surface area contributed by atoms with Crippen LogP contribution in [0.4, 0.5) is 0 Å². The summed E-state index contributed by atoms with van der Waals surface area (Å²) in [5.74, 6) is -0.343. The maximum Gasteiger partial charge on any atom is 0.359 e. The molecule has 3 aliphatic rings. The van der Waals surface area contributed by atoms with Gasteiger partial charge in [0.25, 0.3) is 0 Å². The zero-order chi connectivity index (χ0) is 18.9. The summed E-state index contributed by atoms with van der Waals surface area (Å²) in [6.07, 6.45) is 1.61. The molecule has 2 aromatic rings. The molecular formula is C21H26N2O4. The van der Waals surface area contributed by atoms with Crippen molar-refractivity contribution in [2.45, 2.75) is 44.1 Å². The fourth-order valence-corrected chi connectivity index (χ4v) is 5.83. The van der Waals surface area contributed by atoms with Crippen molar-refractivity contribution >= 4 is 16.9 Å². The summed E-state index contributed by atoms with van der Waals surface area (Å²) < 4.78 is 6.88. The lowest BCUT2D eigenvalue weighted by molar-refractivity contribution is -0.185. The number of hydrogen-bond acceptors (Lipinski definition) is 5. The average Bonchev–Trinajstić information content (AvgIpc) is 3.02. The summed E-state index contributed by atoms with van der Waals surface area (Å²) >= 11 is 0. The molecule has 0 unspecified atom stereocenters. The number of esters is 1. The summed E-state index contributed by atoms with van der Waals surface area (Å²) in [6.45, 7) is 3.64. The molecule has 5 rings (SSSR count). The number of piperidine rings is 1. The van der Waals surface area contributed by atoms with E-state index in [4.69, 9.17) is 4.74 Å². The Bertz CT molecular complexity index is 920. The number of benzene rings is 1. The van der Waals surface area contributed by atoms with Crippen molar-refractivity contribution in [1.29, 1.82) is 0 Å². The second kappa shape index (κ2) is 5.80. The van der Waals surface area contributed by atoms with E-state index in [9.17, 15) is 15.0 Å². The summed E-state index contributed by atoms with van der Waals surface area (Å²) in [6, 6.07) is 8.20. The quantitative estimate of drug-likeness (QED) is 0.789. The molecule has 0 bridgehead atoms. The largest absolute Gasteiger partial charge is 0.465 e. The van der Waals surface area contributed by atoms with Crippen molar-refractivity contribution in [3.05, 3.63) is 35.5 Å². The van der Waals surface area contributed by atoms with E-state index < -0.39 is 17.8 Å². The molecule has 0 amide bonds. The van der Waals surface area contributed by atoms with Gasteiger partial charge >= 0.3 is 5.97 Å². The van der Waals surface area contributed by atoms with Crippen LogP contribution in [0.3, 0.4) is 0 Å². The molecule has 1 fully saturated rings. The Morgan fingerprint density at radius 2 is 2.15 bits per heavy atom. The highest BCUT2D eigenvalue weighted by Crippen LogP contribution is 2.54. The van der Waals surface area contributed by atoms with Gasteiger partial charge in [0.05, 0.1) is 24.8 Å². The predicted octanol–water partition coefficient (Wildman–Crippen LogP) is 1.78. The highest BCUT2D eigenvalue weighted by Gasteiger charge is 2.55. The molecule has 0 spiro atoms. The second-order valence-electron chi connectivity index (χ2n) is 8.41. The maximum absolute atomic E-state index is 12.7. The van der Waals surface area contributed by atoms with Crippen molar-refractivity contribution in [2.75, 3.05) is 20.2 Å². The summed E-state index contributed by atoms with van der Waals surface area (Å²) in [4.78, 5) is 15.2. The Kier molecular flexibility index (Phi) is 3.70. The van der Waals surface area contributed by atoms with Crippen LogP contribution >= 0.6 is 0 Å². The number of hydrogen-bond donors (Lipinski definition) is 2. The molecule has 27 heavy (non-hydrogen) atoms. The Morgan fingerprint density at radius 3 is 2.89 bits per heavy atom. The molecule has 6 heteroatoms.